The lowest BCUT2D eigenvalue weighted by molar-refractivity contribution is 0.103. The van der Waals surface area contributed by atoms with Crippen LogP contribution in [0, 0.1) is 20.8 Å². The molecule has 4 rings (SSSR count). The summed E-state index contributed by atoms with van der Waals surface area (Å²) in [5, 5.41) is 4.00. The molecule has 1 aliphatic rings. The SMILES string of the molecule is COc1cc(C)c(NC(=O)c2sc3nc(C4CC4)nc(C)c3c2C)cc1OC. The second-order valence-corrected chi connectivity index (χ2v) is 8.15. The van der Waals surface area contributed by atoms with Crippen molar-refractivity contribution >= 4 is 33.1 Å². The number of nitrogens with one attached hydrogen (secondary N) is 1. The Hall–Kier alpha value is -2.67. The van der Waals surface area contributed by atoms with Gasteiger partial charge in [-0.2, -0.15) is 0 Å². The number of thiophene rings is 1. The number of aryl methyl sites for hydroxylation is 3. The Morgan fingerprint density at radius 2 is 1.79 bits per heavy atom. The monoisotopic (exact) mass is 397 g/mol. The van der Waals surface area contributed by atoms with Crippen LogP contribution in [0.15, 0.2) is 12.1 Å². The number of hydrogen-bond donors (Lipinski definition) is 1. The fourth-order valence-corrected chi connectivity index (χ4v) is 4.53. The van der Waals surface area contributed by atoms with E-state index in [9.17, 15) is 4.79 Å². The first kappa shape index (κ1) is 18.7. The van der Waals surface area contributed by atoms with E-state index < -0.39 is 0 Å². The number of carbonyl (C=O) groups excluding carboxylic acids is 1. The number of rotatable bonds is 5. The molecular formula is C21H23N3O3S. The van der Waals surface area contributed by atoms with Crippen LogP contribution < -0.4 is 14.8 Å². The molecule has 7 heteroatoms. The average Bonchev–Trinajstić information content (AvgIpc) is 3.46. The van der Waals surface area contributed by atoms with Gasteiger partial charge in [-0.3, -0.25) is 4.79 Å². The highest BCUT2D eigenvalue weighted by Crippen LogP contribution is 2.40. The molecule has 0 unspecified atom stereocenters. The Labute approximate surface area is 167 Å². The van der Waals surface area contributed by atoms with Crippen LogP contribution in [-0.4, -0.2) is 30.1 Å². The first-order valence-electron chi connectivity index (χ1n) is 9.24. The first-order chi connectivity index (χ1) is 13.4. The number of aromatic nitrogens is 2. The molecule has 0 bridgehead atoms. The topological polar surface area (TPSA) is 73.3 Å². The van der Waals surface area contributed by atoms with Crippen molar-refractivity contribution in [1.29, 1.82) is 0 Å². The van der Waals surface area contributed by atoms with Gasteiger partial charge < -0.3 is 14.8 Å². The summed E-state index contributed by atoms with van der Waals surface area (Å²) in [4.78, 5) is 24.0. The molecule has 1 amide bonds. The minimum atomic E-state index is -0.150. The number of fused-ring (bicyclic) bond motifs is 1. The van der Waals surface area contributed by atoms with E-state index >= 15 is 0 Å². The lowest BCUT2D eigenvalue weighted by atomic mass is 10.1. The Kier molecular flexibility index (Phi) is 4.71. The number of benzene rings is 1. The average molecular weight is 398 g/mol. The largest absolute Gasteiger partial charge is 0.493 e. The van der Waals surface area contributed by atoms with Gasteiger partial charge in [-0.15, -0.1) is 11.3 Å². The number of carbonyl (C=O) groups is 1. The molecule has 1 fully saturated rings. The van der Waals surface area contributed by atoms with Crippen LogP contribution in [0.25, 0.3) is 10.2 Å². The summed E-state index contributed by atoms with van der Waals surface area (Å²) in [5.41, 5.74) is 3.47. The molecule has 6 nitrogen and oxygen atoms in total. The molecule has 1 aromatic carbocycles. The van der Waals surface area contributed by atoms with Gasteiger partial charge in [-0.25, -0.2) is 9.97 Å². The maximum Gasteiger partial charge on any atom is 0.266 e. The molecule has 3 aromatic rings. The zero-order valence-electron chi connectivity index (χ0n) is 16.7. The first-order valence-corrected chi connectivity index (χ1v) is 10.1. The molecule has 146 valence electrons. The number of anilines is 1. The summed E-state index contributed by atoms with van der Waals surface area (Å²) in [6.07, 6.45) is 2.31. The molecule has 2 heterocycles. The number of methoxy groups -OCH3 is 2. The molecule has 1 aliphatic carbocycles. The van der Waals surface area contributed by atoms with E-state index in [-0.39, 0.29) is 5.91 Å². The molecule has 1 N–H and O–H groups in total. The predicted octanol–water partition coefficient (Wildman–Crippen LogP) is 4.76. The Balaban J connectivity index is 1.70. The van der Waals surface area contributed by atoms with Gasteiger partial charge in [0.1, 0.15) is 10.7 Å². The Bertz CT molecular complexity index is 1090. The van der Waals surface area contributed by atoms with E-state index in [1.807, 2.05) is 26.8 Å². The van der Waals surface area contributed by atoms with Crippen molar-refractivity contribution in [3.63, 3.8) is 0 Å². The molecule has 0 radical (unpaired) electrons. The van der Waals surface area contributed by atoms with E-state index in [0.717, 1.165) is 45.7 Å². The van der Waals surface area contributed by atoms with Gasteiger partial charge in [0.25, 0.3) is 5.91 Å². The van der Waals surface area contributed by atoms with Crippen LogP contribution in [0.2, 0.25) is 0 Å². The summed E-state index contributed by atoms with van der Waals surface area (Å²) >= 11 is 1.43. The lowest BCUT2D eigenvalue weighted by Crippen LogP contribution is -2.12. The normalized spacial score (nSPS) is 13.6. The van der Waals surface area contributed by atoms with E-state index in [1.54, 1.807) is 20.3 Å². The van der Waals surface area contributed by atoms with Gasteiger partial charge in [0.05, 0.1) is 24.8 Å². The van der Waals surface area contributed by atoms with E-state index in [2.05, 4.69) is 10.3 Å². The van der Waals surface area contributed by atoms with Crippen molar-refractivity contribution in [1.82, 2.24) is 9.97 Å². The third-order valence-electron chi connectivity index (χ3n) is 5.12. The standard InChI is InChI=1S/C21H23N3O3S/c1-10-8-15(26-4)16(27-5)9-14(10)23-20(25)18-11(2)17-12(3)22-19(13-6-7-13)24-21(17)28-18/h8-9,13H,6-7H2,1-5H3,(H,23,25). The fraction of sp³-hybridized carbons (Fsp3) is 0.381. The second-order valence-electron chi connectivity index (χ2n) is 7.15. The molecule has 0 aliphatic heterocycles. The number of hydrogen-bond acceptors (Lipinski definition) is 6. The Morgan fingerprint density at radius 3 is 2.43 bits per heavy atom. The Morgan fingerprint density at radius 1 is 1.11 bits per heavy atom. The summed E-state index contributed by atoms with van der Waals surface area (Å²) in [7, 11) is 3.17. The molecule has 0 saturated heterocycles. The minimum absolute atomic E-state index is 0.150. The lowest BCUT2D eigenvalue weighted by Gasteiger charge is -2.13. The van der Waals surface area contributed by atoms with Crippen LogP contribution in [0.4, 0.5) is 5.69 Å². The van der Waals surface area contributed by atoms with Crippen LogP contribution in [0.3, 0.4) is 0 Å². The van der Waals surface area contributed by atoms with Gasteiger partial charge in [0, 0.05) is 23.1 Å². The molecule has 28 heavy (non-hydrogen) atoms. The fourth-order valence-electron chi connectivity index (χ4n) is 3.39. The minimum Gasteiger partial charge on any atom is -0.493 e. The van der Waals surface area contributed by atoms with E-state index in [4.69, 9.17) is 14.5 Å². The summed E-state index contributed by atoms with van der Waals surface area (Å²) < 4.78 is 10.7. The molecular weight excluding hydrogens is 374 g/mol. The number of amides is 1. The van der Waals surface area contributed by atoms with Gasteiger partial charge in [0.15, 0.2) is 11.5 Å². The van der Waals surface area contributed by atoms with Crippen molar-refractivity contribution < 1.29 is 14.3 Å². The number of nitrogens with zero attached hydrogens (tertiary/aromatic N) is 2. The van der Waals surface area contributed by atoms with Gasteiger partial charge in [-0.1, -0.05) is 0 Å². The quantitative estimate of drug-likeness (QED) is 0.672. The predicted molar refractivity (Wildman–Crippen MR) is 111 cm³/mol. The third kappa shape index (κ3) is 3.20. The summed E-state index contributed by atoms with van der Waals surface area (Å²) in [6.45, 7) is 5.88. The van der Waals surface area contributed by atoms with Crippen LogP contribution >= 0.6 is 11.3 Å². The third-order valence-corrected chi connectivity index (χ3v) is 6.30. The highest BCUT2D eigenvalue weighted by atomic mass is 32.1. The van der Waals surface area contributed by atoms with Crippen LogP contribution in [0.1, 0.15) is 51.1 Å². The van der Waals surface area contributed by atoms with Crippen molar-refractivity contribution in [2.75, 3.05) is 19.5 Å². The smallest absolute Gasteiger partial charge is 0.266 e. The zero-order valence-corrected chi connectivity index (χ0v) is 17.5. The molecule has 0 spiro atoms. The maximum absolute atomic E-state index is 13.0. The van der Waals surface area contributed by atoms with Crippen LogP contribution in [0.5, 0.6) is 11.5 Å². The number of ether oxygens (including phenoxy) is 2. The maximum atomic E-state index is 13.0. The zero-order chi connectivity index (χ0) is 20.0. The van der Waals surface area contributed by atoms with Crippen molar-refractivity contribution in [2.24, 2.45) is 0 Å². The van der Waals surface area contributed by atoms with Crippen LogP contribution in [-0.2, 0) is 0 Å². The van der Waals surface area contributed by atoms with Crippen molar-refractivity contribution in [3.8, 4) is 11.5 Å². The van der Waals surface area contributed by atoms with E-state index in [0.29, 0.717) is 28.0 Å². The van der Waals surface area contributed by atoms with Gasteiger partial charge in [0.2, 0.25) is 0 Å². The summed E-state index contributed by atoms with van der Waals surface area (Å²) in [5.74, 6) is 2.45. The van der Waals surface area contributed by atoms with Gasteiger partial charge in [-0.05, 0) is 50.8 Å². The highest BCUT2D eigenvalue weighted by Gasteiger charge is 2.28. The van der Waals surface area contributed by atoms with E-state index in [1.165, 1.54) is 11.3 Å². The highest BCUT2D eigenvalue weighted by molar-refractivity contribution is 7.20. The molecule has 1 saturated carbocycles. The van der Waals surface area contributed by atoms with Crippen molar-refractivity contribution in [3.05, 3.63) is 39.7 Å². The molecule has 2 aromatic heterocycles. The molecule has 0 atom stereocenters. The second kappa shape index (κ2) is 7.05. The summed E-state index contributed by atoms with van der Waals surface area (Å²) in [6, 6.07) is 3.63. The van der Waals surface area contributed by atoms with Crippen molar-refractivity contribution in [2.45, 2.75) is 39.5 Å². The van der Waals surface area contributed by atoms with Gasteiger partial charge >= 0.3 is 0 Å².